The van der Waals surface area contributed by atoms with Crippen molar-refractivity contribution in [2.45, 2.75) is 38.3 Å². The van der Waals surface area contributed by atoms with E-state index in [1.165, 1.54) is 11.3 Å². The van der Waals surface area contributed by atoms with Gasteiger partial charge in [0.1, 0.15) is 4.88 Å². The number of hydrogen-bond acceptors (Lipinski definition) is 4. The van der Waals surface area contributed by atoms with Crippen LogP contribution in [0, 0.1) is 0 Å². The van der Waals surface area contributed by atoms with E-state index in [-0.39, 0.29) is 5.91 Å². The first-order chi connectivity index (χ1) is 9.15. The van der Waals surface area contributed by atoms with E-state index < -0.39 is 5.97 Å². The molecule has 0 aliphatic heterocycles. The highest BCUT2D eigenvalue weighted by atomic mass is 32.1. The van der Waals surface area contributed by atoms with Gasteiger partial charge in [-0.3, -0.25) is 4.79 Å². The topological polar surface area (TPSA) is 78.4 Å². The molecule has 0 spiro atoms. The van der Waals surface area contributed by atoms with E-state index in [4.69, 9.17) is 5.11 Å². The molecule has 2 rings (SSSR count). The summed E-state index contributed by atoms with van der Waals surface area (Å²) in [5, 5.41) is 15.0. The molecule has 1 amide bonds. The predicted octanol–water partition coefficient (Wildman–Crippen LogP) is 1.59. The molecule has 0 atom stereocenters. The van der Waals surface area contributed by atoms with Gasteiger partial charge in [-0.05, 0) is 37.9 Å². The van der Waals surface area contributed by atoms with Crippen LogP contribution in [0.3, 0.4) is 0 Å². The smallest absolute Gasteiger partial charge is 0.345 e. The van der Waals surface area contributed by atoms with Gasteiger partial charge in [0.25, 0.3) is 0 Å². The highest BCUT2D eigenvalue weighted by Gasteiger charge is 2.22. The number of carbonyl (C=O) groups is 2. The van der Waals surface area contributed by atoms with Crippen LogP contribution in [-0.2, 0) is 11.3 Å². The van der Waals surface area contributed by atoms with E-state index in [0.29, 0.717) is 23.9 Å². The zero-order chi connectivity index (χ0) is 13.7. The molecule has 1 aliphatic rings. The monoisotopic (exact) mass is 282 g/mol. The maximum atomic E-state index is 11.4. The molecule has 0 radical (unpaired) electrons. The fourth-order valence-electron chi connectivity index (χ4n) is 1.70. The standard InChI is InChI=1S/C13H18N2O3S/c16-12(15-9-3-4-9)2-1-7-14-8-10-5-6-11(19-10)13(17)18/h5-6,9,14H,1-4,7-8H2,(H,15,16)(H,17,18). The SMILES string of the molecule is O=C(CCCNCc1ccc(C(=O)O)s1)NC1CC1. The van der Waals surface area contributed by atoms with E-state index in [2.05, 4.69) is 10.6 Å². The van der Waals surface area contributed by atoms with Crippen molar-refractivity contribution in [3.05, 3.63) is 21.9 Å². The van der Waals surface area contributed by atoms with Crippen molar-refractivity contribution >= 4 is 23.2 Å². The van der Waals surface area contributed by atoms with Crippen molar-refractivity contribution in [2.24, 2.45) is 0 Å². The minimum atomic E-state index is -0.881. The third-order valence-electron chi connectivity index (χ3n) is 2.87. The number of hydrogen-bond donors (Lipinski definition) is 3. The lowest BCUT2D eigenvalue weighted by molar-refractivity contribution is -0.121. The van der Waals surface area contributed by atoms with Crippen molar-refractivity contribution in [3.8, 4) is 0 Å². The molecule has 0 aromatic carbocycles. The van der Waals surface area contributed by atoms with Gasteiger partial charge in [-0.2, -0.15) is 0 Å². The Hall–Kier alpha value is -1.40. The Morgan fingerprint density at radius 3 is 2.79 bits per heavy atom. The lowest BCUT2D eigenvalue weighted by Crippen LogP contribution is -2.26. The average molecular weight is 282 g/mol. The van der Waals surface area contributed by atoms with Crippen molar-refractivity contribution in [1.29, 1.82) is 0 Å². The number of carboxylic acid groups (broad SMARTS) is 1. The van der Waals surface area contributed by atoms with Crippen molar-refractivity contribution in [3.63, 3.8) is 0 Å². The Kier molecular flexibility index (Phi) is 4.93. The number of nitrogens with one attached hydrogen (secondary N) is 2. The summed E-state index contributed by atoms with van der Waals surface area (Å²) in [5.74, 6) is -0.749. The molecule has 19 heavy (non-hydrogen) atoms. The van der Waals surface area contributed by atoms with Crippen LogP contribution in [0.4, 0.5) is 0 Å². The van der Waals surface area contributed by atoms with Crippen LogP contribution in [0.1, 0.15) is 40.2 Å². The second kappa shape index (κ2) is 6.68. The number of aromatic carboxylic acids is 1. The lowest BCUT2D eigenvalue weighted by atomic mass is 10.3. The number of carboxylic acids is 1. The largest absolute Gasteiger partial charge is 0.477 e. The van der Waals surface area contributed by atoms with Crippen molar-refractivity contribution < 1.29 is 14.7 Å². The Balaban J connectivity index is 1.55. The van der Waals surface area contributed by atoms with Gasteiger partial charge in [-0.1, -0.05) is 0 Å². The predicted molar refractivity (Wildman–Crippen MR) is 73.4 cm³/mol. The summed E-state index contributed by atoms with van der Waals surface area (Å²) in [6.45, 7) is 1.42. The van der Waals surface area contributed by atoms with E-state index >= 15 is 0 Å². The van der Waals surface area contributed by atoms with Gasteiger partial charge >= 0.3 is 5.97 Å². The van der Waals surface area contributed by atoms with Gasteiger partial charge in [-0.15, -0.1) is 11.3 Å². The minimum Gasteiger partial charge on any atom is -0.477 e. The van der Waals surface area contributed by atoms with Crippen LogP contribution in [-0.4, -0.2) is 29.6 Å². The third-order valence-corrected chi connectivity index (χ3v) is 3.94. The van der Waals surface area contributed by atoms with Crippen LogP contribution in [0.5, 0.6) is 0 Å². The molecule has 0 saturated heterocycles. The third kappa shape index (κ3) is 5.00. The van der Waals surface area contributed by atoms with Gasteiger partial charge in [0.05, 0.1) is 0 Å². The summed E-state index contributed by atoms with van der Waals surface area (Å²) >= 11 is 1.28. The highest BCUT2D eigenvalue weighted by molar-refractivity contribution is 7.13. The number of thiophene rings is 1. The van der Waals surface area contributed by atoms with E-state index in [1.807, 2.05) is 6.07 Å². The summed E-state index contributed by atoms with van der Waals surface area (Å²) in [7, 11) is 0. The summed E-state index contributed by atoms with van der Waals surface area (Å²) in [6, 6.07) is 3.87. The Bertz CT molecular complexity index is 454. The molecular formula is C13H18N2O3S. The molecule has 0 bridgehead atoms. The molecule has 1 aromatic rings. The molecule has 5 nitrogen and oxygen atoms in total. The zero-order valence-corrected chi connectivity index (χ0v) is 11.5. The average Bonchev–Trinajstić information content (AvgIpc) is 3.04. The van der Waals surface area contributed by atoms with Crippen molar-refractivity contribution in [2.75, 3.05) is 6.54 Å². The van der Waals surface area contributed by atoms with Crippen molar-refractivity contribution in [1.82, 2.24) is 10.6 Å². The second-order valence-electron chi connectivity index (χ2n) is 4.69. The summed E-state index contributed by atoms with van der Waals surface area (Å²) in [4.78, 5) is 23.5. The van der Waals surface area contributed by atoms with Crippen LogP contribution >= 0.6 is 11.3 Å². The first kappa shape index (κ1) is 14.0. The minimum absolute atomic E-state index is 0.133. The Morgan fingerprint density at radius 2 is 2.16 bits per heavy atom. The van der Waals surface area contributed by atoms with Gasteiger partial charge in [0, 0.05) is 23.9 Å². The molecule has 0 unspecified atom stereocenters. The molecule has 1 heterocycles. The van der Waals surface area contributed by atoms with Gasteiger partial charge in [0.15, 0.2) is 0 Å². The first-order valence-electron chi connectivity index (χ1n) is 6.47. The molecule has 1 saturated carbocycles. The van der Waals surface area contributed by atoms with Crippen LogP contribution in [0.15, 0.2) is 12.1 Å². The molecular weight excluding hydrogens is 264 g/mol. The van der Waals surface area contributed by atoms with Gasteiger partial charge < -0.3 is 15.7 Å². The number of amides is 1. The maximum absolute atomic E-state index is 11.4. The van der Waals surface area contributed by atoms with Crippen LogP contribution in [0.25, 0.3) is 0 Å². The first-order valence-corrected chi connectivity index (χ1v) is 7.29. The lowest BCUT2D eigenvalue weighted by Gasteiger charge is -2.04. The summed E-state index contributed by atoms with van der Waals surface area (Å²) in [5.41, 5.74) is 0. The molecule has 3 N–H and O–H groups in total. The molecule has 104 valence electrons. The summed E-state index contributed by atoms with van der Waals surface area (Å²) in [6.07, 6.45) is 3.59. The van der Waals surface area contributed by atoms with E-state index in [1.54, 1.807) is 6.07 Å². The van der Waals surface area contributed by atoms with Crippen LogP contribution < -0.4 is 10.6 Å². The van der Waals surface area contributed by atoms with Crippen LogP contribution in [0.2, 0.25) is 0 Å². The number of rotatable bonds is 8. The molecule has 1 fully saturated rings. The second-order valence-corrected chi connectivity index (χ2v) is 5.86. The highest BCUT2D eigenvalue weighted by Crippen LogP contribution is 2.18. The molecule has 1 aliphatic carbocycles. The normalized spacial score (nSPS) is 14.3. The van der Waals surface area contributed by atoms with Gasteiger partial charge in [0.2, 0.25) is 5.91 Å². The Morgan fingerprint density at radius 1 is 1.37 bits per heavy atom. The number of carbonyl (C=O) groups excluding carboxylic acids is 1. The maximum Gasteiger partial charge on any atom is 0.345 e. The fourth-order valence-corrected chi connectivity index (χ4v) is 2.52. The Labute approximate surface area is 116 Å². The zero-order valence-electron chi connectivity index (χ0n) is 10.6. The quantitative estimate of drug-likeness (QED) is 0.633. The molecule has 6 heteroatoms. The molecule has 1 aromatic heterocycles. The fraction of sp³-hybridized carbons (Fsp3) is 0.538. The van der Waals surface area contributed by atoms with Gasteiger partial charge in [-0.25, -0.2) is 4.79 Å². The summed E-state index contributed by atoms with van der Waals surface area (Å²) < 4.78 is 0. The van der Waals surface area contributed by atoms with E-state index in [0.717, 1.165) is 30.7 Å². The van der Waals surface area contributed by atoms with E-state index in [9.17, 15) is 9.59 Å².